The fraction of sp³-hybridized carbons (Fsp3) is 0.688. The van der Waals surface area contributed by atoms with Gasteiger partial charge >= 0.3 is 11.7 Å². The first-order chi connectivity index (χ1) is 11.6. The van der Waals surface area contributed by atoms with Crippen LogP contribution in [-0.2, 0) is 0 Å². The van der Waals surface area contributed by atoms with Gasteiger partial charge in [-0.1, -0.05) is 38.5 Å². The average Bonchev–Trinajstić information content (AvgIpc) is 2.52. The minimum Gasteiger partial charge on any atom is -0.337 e. The zero-order chi connectivity index (χ0) is 19.0. The lowest BCUT2D eigenvalue weighted by Gasteiger charge is -2.26. The summed E-state index contributed by atoms with van der Waals surface area (Å²) < 4.78 is 13.7. The number of halogens is 1. The van der Waals surface area contributed by atoms with Crippen molar-refractivity contribution in [2.45, 2.75) is 51.4 Å². The van der Waals surface area contributed by atoms with Crippen LogP contribution in [0.15, 0.2) is 15.8 Å². The standard InChI is InChI=1S/C16H28FN3O3SSi/c1-12(2)25(3,4)10-6-9-24-8-5-7-18-15(22)20-11-13(17)14(21)19-16(20)23/h11-12H,5-10H2,1-4H3,(H,18,22)(H,19,21,23). The molecule has 0 aliphatic heterocycles. The molecule has 0 aromatic carbocycles. The summed E-state index contributed by atoms with van der Waals surface area (Å²) in [5.41, 5.74) is -1.28. The van der Waals surface area contributed by atoms with E-state index in [4.69, 9.17) is 0 Å². The highest BCUT2D eigenvalue weighted by Crippen LogP contribution is 2.26. The van der Waals surface area contributed by atoms with Gasteiger partial charge in [0.2, 0.25) is 5.82 Å². The lowest BCUT2D eigenvalue weighted by molar-refractivity contribution is 0.240. The lowest BCUT2D eigenvalue weighted by Crippen LogP contribution is -2.41. The van der Waals surface area contributed by atoms with Gasteiger partial charge in [-0.15, -0.1) is 0 Å². The Balaban J connectivity index is 2.22. The maximum Gasteiger partial charge on any atom is 0.336 e. The molecule has 25 heavy (non-hydrogen) atoms. The summed E-state index contributed by atoms with van der Waals surface area (Å²) in [6.07, 6.45) is 2.59. The Hall–Kier alpha value is -1.35. The Morgan fingerprint density at radius 3 is 2.60 bits per heavy atom. The number of aromatic amines is 1. The first-order valence-electron chi connectivity index (χ1n) is 8.52. The van der Waals surface area contributed by atoms with Gasteiger partial charge in [0.25, 0.3) is 5.56 Å². The molecule has 6 nitrogen and oxygen atoms in total. The summed E-state index contributed by atoms with van der Waals surface area (Å²) in [5, 5.41) is 2.55. The van der Waals surface area contributed by atoms with Crippen molar-refractivity contribution in [3.8, 4) is 0 Å². The van der Waals surface area contributed by atoms with Crippen LogP contribution in [0.1, 0.15) is 26.7 Å². The van der Waals surface area contributed by atoms with Crippen molar-refractivity contribution in [1.29, 1.82) is 0 Å². The van der Waals surface area contributed by atoms with Gasteiger partial charge in [0, 0.05) is 14.6 Å². The Morgan fingerprint density at radius 1 is 1.32 bits per heavy atom. The van der Waals surface area contributed by atoms with Crippen LogP contribution in [-0.4, -0.2) is 41.7 Å². The molecule has 0 aliphatic carbocycles. The zero-order valence-electron chi connectivity index (χ0n) is 15.4. The first-order valence-corrected chi connectivity index (χ1v) is 13.0. The topological polar surface area (TPSA) is 84.0 Å². The van der Waals surface area contributed by atoms with Crippen LogP contribution >= 0.6 is 11.8 Å². The Morgan fingerprint density at radius 2 is 1.96 bits per heavy atom. The lowest BCUT2D eigenvalue weighted by atomic mass is 10.5. The van der Waals surface area contributed by atoms with Crippen LogP contribution in [0.4, 0.5) is 9.18 Å². The van der Waals surface area contributed by atoms with Gasteiger partial charge in [0.15, 0.2) is 0 Å². The van der Waals surface area contributed by atoms with Crippen molar-refractivity contribution in [3.63, 3.8) is 0 Å². The number of thioether (sulfide) groups is 1. The SMILES string of the molecule is CC(C)[Si](C)(C)CCCSCCCNC(=O)n1cc(F)c(=O)[nH]c1=O. The third kappa shape index (κ3) is 7.19. The molecule has 1 aromatic rings. The summed E-state index contributed by atoms with van der Waals surface area (Å²) >= 11 is 1.86. The molecule has 1 amide bonds. The van der Waals surface area contributed by atoms with E-state index in [0.29, 0.717) is 17.3 Å². The molecule has 1 aromatic heterocycles. The highest BCUT2D eigenvalue weighted by molar-refractivity contribution is 7.99. The normalized spacial score (nSPS) is 11.8. The maximum atomic E-state index is 13.1. The van der Waals surface area contributed by atoms with Crippen molar-refractivity contribution >= 4 is 25.9 Å². The van der Waals surface area contributed by atoms with Gasteiger partial charge in [-0.3, -0.25) is 9.78 Å². The molecule has 0 atom stereocenters. The molecular formula is C16H28FN3O3SSi. The quantitative estimate of drug-likeness (QED) is 0.502. The van der Waals surface area contributed by atoms with Crippen LogP contribution < -0.4 is 16.6 Å². The number of nitrogens with zero attached hydrogens (tertiary/aromatic N) is 1. The van der Waals surface area contributed by atoms with Gasteiger partial charge in [-0.05, 0) is 24.3 Å². The first kappa shape index (κ1) is 21.7. The van der Waals surface area contributed by atoms with Crippen LogP contribution in [0.2, 0.25) is 24.7 Å². The number of amides is 1. The number of nitrogens with one attached hydrogen (secondary N) is 2. The minimum atomic E-state index is -1.17. The molecule has 2 N–H and O–H groups in total. The van der Waals surface area contributed by atoms with Crippen molar-refractivity contribution in [1.82, 2.24) is 14.9 Å². The molecule has 1 rings (SSSR count). The number of hydrogen-bond acceptors (Lipinski definition) is 4. The van der Waals surface area contributed by atoms with Gasteiger partial charge in [-0.2, -0.15) is 16.2 Å². The van der Waals surface area contributed by atoms with E-state index in [-0.39, 0.29) is 0 Å². The average molecular weight is 390 g/mol. The zero-order valence-corrected chi connectivity index (χ0v) is 17.2. The van der Waals surface area contributed by atoms with Crippen molar-refractivity contribution in [3.05, 3.63) is 32.9 Å². The summed E-state index contributed by atoms with van der Waals surface area (Å²) in [4.78, 5) is 35.9. The summed E-state index contributed by atoms with van der Waals surface area (Å²) in [5.74, 6) is 0.860. The third-order valence-corrected chi connectivity index (χ3v) is 10.5. The van der Waals surface area contributed by atoms with E-state index < -0.39 is 31.2 Å². The second-order valence-corrected chi connectivity index (χ2v) is 13.9. The largest absolute Gasteiger partial charge is 0.337 e. The van der Waals surface area contributed by atoms with Crippen molar-refractivity contribution in [2.24, 2.45) is 0 Å². The third-order valence-electron chi connectivity index (χ3n) is 4.53. The number of carbonyl (C=O) groups excluding carboxylic acids is 1. The minimum absolute atomic E-state index is 0.394. The van der Waals surface area contributed by atoms with Gasteiger partial charge in [-0.25, -0.2) is 14.2 Å². The smallest absolute Gasteiger partial charge is 0.336 e. The molecule has 0 saturated carbocycles. The molecule has 0 unspecified atom stereocenters. The molecule has 142 valence electrons. The molecule has 1 heterocycles. The van der Waals surface area contributed by atoms with E-state index in [1.165, 1.54) is 12.5 Å². The molecule has 0 bridgehead atoms. The molecular weight excluding hydrogens is 361 g/mol. The molecule has 0 spiro atoms. The Labute approximate surface area is 152 Å². The molecule has 9 heteroatoms. The van der Waals surface area contributed by atoms with Crippen molar-refractivity contribution in [2.75, 3.05) is 18.1 Å². The molecule has 0 radical (unpaired) electrons. The van der Waals surface area contributed by atoms with Gasteiger partial charge in [0.05, 0.1) is 6.20 Å². The van der Waals surface area contributed by atoms with E-state index >= 15 is 0 Å². The molecule has 0 saturated heterocycles. The second kappa shape index (κ2) is 9.96. The number of carbonyl (C=O) groups is 1. The van der Waals surface area contributed by atoms with Gasteiger partial charge < -0.3 is 5.32 Å². The van der Waals surface area contributed by atoms with E-state index in [1.54, 1.807) is 4.98 Å². The number of rotatable bonds is 9. The van der Waals surface area contributed by atoms with Crippen LogP contribution in [0.25, 0.3) is 0 Å². The van der Waals surface area contributed by atoms with Crippen LogP contribution in [0, 0.1) is 5.82 Å². The van der Waals surface area contributed by atoms with E-state index in [1.807, 2.05) is 11.8 Å². The Kier molecular flexibility index (Phi) is 8.64. The summed E-state index contributed by atoms with van der Waals surface area (Å²) in [6, 6.07) is 0.588. The van der Waals surface area contributed by atoms with Crippen LogP contribution in [0.3, 0.4) is 0 Å². The van der Waals surface area contributed by atoms with Gasteiger partial charge in [0.1, 0.15) is 0 Å². The highest BCUT2D eigenvalue weighted by atomic mass is 32.2. The molecule has 0 aliphatic rings. The second-order valence-electron chi connectivity index (χ2n) is 7.05. The van der Waals surface area contributed by atoms with E-state index in [9.17, 15) is 18.8 Å². The van der Waals surface area contributed by atoms with E-state index in [2.05, 4.69) is 32.3 Å². The van der Waals surface area contributed by atoms with Crippen molar-refractivity contribution < 1.29 is 9.18 Å². The molecule has 0 fully saturated rings. The Bertz CT molecular complexity index is 688. The fourth-order valence-corrected chi connectivity index (χ4v) is 4.90. The highest BCUT2D eigenvalue weighted by Gasteiger charge is 2.23. The number of aromatic nitrogens is 2. The number of H-pyrrole nitrogens is 1. The van der Waals surface area contributed by atoms with Crippen LogP contribution in [0.5, 0.6) is 0 Å². The predicted molar refractivity (Wildman–Crippen MR) is 104 cm³/mol. The monoisotopic (exact) mass is 389 g/mol. The number of hydrogen-bond donors (Lipinski definition) is 2. The predicted octanol–water partition coefficient (Wildman–Crippen LogP) is 2.87. The summed E-state index contributed by atoms with van der Waals surface area (Å²) in [6.45, 7) is 9.87. The maximum absolute atomic E-state index is 13.1. The fourth-order valence-electron chi connectivity index (χ4n) is 2.07. The summed E-state index contributed by atoms with van der Waals surface area (Å²) in [7, 11) is -1.08. The van der Waals surface area contributed by atoms with E-state index in [0.717, 1.165) is 23.5 Å².